The number of aryl methyl sites for hydroxylation is 2. The van der Waals surface area contributed by atoms with Crippen molar-refractivity contribution in [1.82, 2.24) is 9.97 Å². The van der Waals surface area contributed by atoms with E-state index < -0.39 is 13.2 Å². The number of rotatable bonds is 5. The van der Waals surface area contributed by atoms with E-state index in [0.29, 0.717) is 33.8 Å². The zero-order valence-electron chi connectivity index (χ0n) is 13.4. The van der Waals surface area contributed by atoms with Gasteiger partial charge in [-0.25, -0.2) is 0 Å². The number of hydrogen-bond donors (Lipinski definition) is 5. The van der Waals surface area contributed by atoms with E-state index in [1.54, 1.807) is 13.8 Å². The van der Waals surface area contributed by atoms with Crippen molar-refractivity contribution in [3.63, 3.8) is 0 Å². The lowest BCUT2D eigenvalue weighted by molar-refractivity contribution is 0.253. The summed E-state index contributed by atoms with van der Waals surface area (Å²) < 4.78 is 0. The van der Waals surface area contributed by atoms with Crippen LogP contribution >= 0.6 is 12.4 Å². The van der Waals surface area contributed by atoms with Gasteiger partial charge in [-0.3, -0.25) is 9.97 Å². The van der Waals surface area contributed by atoms with Gasteiger partial charge in [-0.2, -0.15) is 0 Å². The molecule has 0 aliphatic carbocycles. The molecule has 0 unspecified atom stereocenters. The number of nitrogens with zero attached hydrogens (tertiary/aromatic N) is 2. The van der Waals surface area contributed by atoms with E-state index in [1.807, 2.05) is 0 Å². The second-order valence-corrected chi connectivity index (χ2v) is 5.30. The zero-order valence-corrected chi connectivity index (χ0v) is 14.3. The van der Waals surface area contributed by atoms with Gasteiger partial charge in [0.15, 0.2) is 0 Å². The van der Waals surface area contributed by atoms with Crippen LogP contribution in [0, 0.1) is 13.8 Å². The van der Waals surface area contributed by atoms with Gasteiger partial charge in [0, 0.05) is 29.3 Å². The van der Waals surface area contributed by atoms with E-state index in [4.69, 9.17) is 0 Å². The van der Waals surface area contributed by atoms with E-state index in [1.165, 1.54) is 6.20 Å². The molecule has 0 atom stereocenters. The van der Waals surface area contributed by atoms with Gasteiger partial charge in [-0.15, -0.1) is 12.4 Å². The number of pyridine rings is 2. The van der Waals surface area contributed by atoms with Gasteiger partial charge in [0.25, 0.3) is 0 Å². The monoisotopic (exact) mass is 356 g/mol. The molecule has 0 aromatic carbocycles. The minimum absolute atomic E-state index is 0. The van der Waals surface area contributed by atoms with Crippen LogP contribution in [-0.2, 0) is 26.2 Å². The van der Waals surface area contributed by atoms with Crippen LogP contribution in [0.1, 0.15) is 39.3 Å². The van der Waals surface area contributed by atoms with Gasteiger partial charge in [0.1, 0.15) is 11.5 Å². The van der Waals surface area contributed by atoms with Crippen molar-refractivity contribution < 1.29 is 25.5 Å². The summed E-state index contributed by atoms with van der Waals surface area (Å²) in [6, 6.07) is 0. The fraction of sp³-hybridized carbons (Fsp3) is 0.375. The van der Waals surface area contributed by atoms with Crippen LogP contribution in [0.15, 0.2) is 6.20 Å². The van der Waals surface area contributed by atoms with E-state index in [2.05, 4.69) is 9.97 Å². The van der Waals surface area contributed by atoms with Gasteiger partial charge in [-0.05, 0) is 19.4 Å². The molecule has 7 nitrogen and oxygen atoms in total. The molecule has 8 heteroatoms. The Morgan fingerprint density at radius 1 is 0.833 bits per heavy atom. The molecule has 0 aliphatic heterocycles. The van der Waals surface area contributed by atoms with E-state index in [9.17, 15) is 25.5 Å². The number of hydrogen-bond acceptors (Lipinski definition) is 7. The standard InChI is InChI=1S/C16H20N2O5.ClH/c1-8-15(22)11(5-19)10(4-17-8)3-14-12(6-20)13(7-21)16(23)9(2)18-14;/h4,19-23H,3,5-7H2,1-2H3;1H. The summed E-state index contributed by atoms with van der Waals surface area (Å²) in [6.07, 6.45) is 1.73. The molecule has 2 rings (SSSR count). The maximum atomic E-state index is 10.0. The first-order chi connectivity index (χ1) is 10.9. The Labute approximate surface area is 145 Å². The van der Waals surface area contributed by atoms with Crippen molar-refractivity contribution in [2.75, 3.05) is 0 Å². The minimum atomic E-state index is -0.428. The highest BCUT2D eigenvalue weighted by Crippen LogP contribution is 2.30. The second kappa shape index (κ2) is 8.25. The predicted octanol–water partition coefficient (Wildman–Crippen LogP) is 0.994. The fourth-order valence-electron chi connectivity index (χ4n) is 2.55. The van der Waals surface area contributed by atoms with Crippen LogP contribution in [0.25, 0.3) is 0 Å². The highest BCUT2D eigenvalue weighted by Gasteiger charge is 2.19. The molecule has 132 valence electrons. The molecule has 0 aliphatic rings. The Bertz CT molecular complexity index is 737. The summed E-state index contributed by atoms with van der Waals surface area (Å²) in [6.45, 7) is 2.04. The SMILES string of the molecule is Cc1ncc(Cc2nc(C)c(O)c(CO)c2CO)c(CO)c1O.Cl. The Balaban J connectivity index is 0.00000288. The first kappa shape index (κ1) is 20.1. The normalized spacial score (nSPS) is 10.5. The minimum Gasteiger partial charge on any atom is -0.506 e. The summed E-state index contributed by atoms with van der Waals surface area (Å²) in [7, 11) is 0. The molecule has 0 radical (unpaired) electrons. The summed E-state index contributed by atoms with van der Waals surface area (Å²) in [5.74, 6) is -0.221. The highest BCUT2D eigenvalue weighted by molar-refractivity contribution is 5.85. The lowest BCUT2D eigenvalue weighted by Crippen LogP contribution is -2.09. The molecule has 0 saturated heterocycles. The van der Waals surface area contributed by atoms with Crippen molar-refractivity contribution in [3.8, 4) is 11.5 Å². The smallest absolute Gasteiger partial charge is 0.142 e. The molecule has 0 spiro atoms. The third kappa shape index (κ3) is 3.59. The van der Waals surface area contributed by atoms with E-state index in [-0.39, 0.29) is 42.5 Å². The first-order valence-corrected chi connectivity index (χ1v) is 7.13. The third-order valence-electron chi connectivity index (χ3n) is 3.91. The van der Waals surface area contributed by atoms with Crippen molar-refractivity contribution in [1.29, 1.82) is 0 Å². The van der Waals surface area contributed by atoms with Crippen LogP contribution in [0.2, 0.25) is 0 Å². The van der Waals surface area contributed by atoms with Gasteiger partial charge in [0.05, 0.1) is 36.9 Å². The number of aliphatic hydroxyl groups is 3. The highest BCUT2D eigenvalue weighted by atomic mass is 35.5. The van der Waals surface area contributed by atoms with E-state index >= 15 is 0 Å². The van der Waals surface area contributed by atoms with Gasteiger partial charge in [-0.1, -0.05) is 0 Å². The van der Waals surface area contributed by atoms with Crippen LogP contribution in [0.4, 0.5) is 0 Å². The molecular formula is C16H21ClN2O5. The van der Waals surface area contributed by atoms with Crippen LogP contribution in [0.5, 0.6) is 11.5 Å². The molecular weight excluding hydrogens is 336 g/mol. The van der Waals surface area contributed by atoms with Crippen LogP contribution < -0.4 is 0 Å². The second-order valence-electron chi connectivity index (χ2n) is 5.30. The third-order valence-corrected chi connectivity index (χ3v) is 3.91. The molecule has 24 heavy (non-hydrogen) atoms. The van der Waals surface area contributed by atoms with Crippen molar-refractivity contribution in [2.45, 2.75) is 40.1 Å². The quantitative estimate of drug-likeness (QED) is 0.540. The summed E-state index contributed by atoms with van der Waals surface area (Å²) in [5.41, 5.74) is 2.66. The van der Waals surface area contributed by atoms with Gasteiger partial charge < -0.3 is 25.5 Å². The molecule has 5 N–H and O–H groups in total. The molecule has 0 bridgehead atoms. The Kier molecular flexibility index (Phi) is 6.92. The largest absolute Gasteiger partial charge is 0.506 e. The maximum Gasteiger partial charge on any atom is 0.142 e. The van der Waals surface area contributed by atoms with Crippen molar-refractivity contribution >= 4 is 12.4 Å². The number of aromatic nitrogens is 2. The Morgan fingerprint density at radius 2 is 1.38 bits per heavy atom. The van der Waals surface area contributed by atoms with Crippen LogP contribution in [-0.4, -0.2) is 35.5 Å². The average Bonchev–Trinajstić information content (AvgIpc) is 2.54. The Morgan fingerprint density at radius 3 is 1.92 bits per heavy atom. The average molecular weight is 357 g/mol. The summed E-state index contributed by atoms with van der Waals surface area (Å²) >= 11 is 0. The molecule has 0 fully saturated rings. The van der Waals surface area contributed by atoms with Crippen LogP contribution in [0.3, 0.4) is 0 Å². The van der Waals surface area contributed by atoms with Crippen molar-refractivity contribution in [3.05, 3.63) is 45.5 Å². The zero-order chi connectivity index (χ0) is 17.1. The first-order valence-electron chi connectivity index (χ1n) is 7.13. The van der Waals surface area contributed by atoms with E-state index in [0.717, 1.165) is 0 Å². The number of aromatic hydroxyl groups is 2. The molecule has 2 heterocycles. The maximum absolute atomic E-state index is 10.0. The summed E-state index contributed by atoms with van der Waals surface area (Å²) in [5, 5.41) is 48.5. The predicted molar refractivity (Wildman–Crippen MR) is 89.1 cm³/mol. The molecule has 2 aromatic rings. The lowest BCUT2D eigenvalue weighted by Gasteiger charge is -2.16. The molecule has 0 amide bonds. The number of halogens is 1. The summed E-state index contributed by atoms with van der Waals surface area (Å²) in [4.78, 5) is 8.33. The fourth-order valence-corrected chi connectivity index (χ4v) is 2.55. The van der Waals surface area contributed by atoms with Gasteiger partial charge >= 0.3 is 0 Å². The number of aliphatic hydroxyl groups excluding tert-OH is 3. The van der Waals surface area contributed by atoms with Crippen molar-refractivity contribution in [2.24, 2.45) is 0 Å². The lowest BCUT2D eigenvalue weighted by atomic mass is 9.97. The van der Waals surface area contributed by atoms with Gasteiger partial charge in [0.2, 0.25) is 0 Å². The topological polar surface area (TPSA) is 127 Å². The molecule has 2 aromatic heterocycles. The molecule has 0 saturated carbocycles. The Hall–Kier alpha value is -1.93.